The fraction of sp³-hybridized carbons (Fsp3) is 0.450. The summed E-state index contributed by atoms with van der Waals surface area (Å²) >= 11 is 0. The molecule has 8 nitrogen and oxygen atoms in total. The van der Waals surface area contributed by atoms with Crippen LogP contribution in [0.25, 0.3) is 5.69 Å². The molecule has 0 radical (unpaired) electrons. The highest BCUT2D eigenvalue weighted by Gasteiger charge is 2.27. The second kappa shape index (κ2) is 7.92. The Kier molecular flexibility index (Phi) is 5.58. The number of nitrogens with one attached hydrogen (secondary N) is 2. The summed E-state index contributed by atoms with van der Waals surface area (Å²) in [5.74, 6) is 0.705. The Bertz CT molecular complexity index is 886. The summed E-state index contributed by atoms with van der Waals surface area (Å²) in [6.07, 6.45) is 5.11. The average molecular weight is 386 g/mol. The summed E-state index contributed by atoms with van der Waals surface area (Å²) in [4.78, 5) is 28.2. The molecule has 1 aliphatic carbocycles. The lowest BCUT2D eigenvalue weighted by atomic mass is 10.2. The summed E-state index contributed by atoms with van der Waals surface area (Å²) in [7, 11) is 0. The molecule has 0 saturated heterocycles. The van der Waals surface area contributed by atoms with Crippen molar-refractivity contribution < 1.29 is 14.6 Å². The fourth-order valence-corrected chi connectivity index (χ4v) is 3.22. The predicted octanol–water partition coefficient (Wildman–Crippen LogP) is 2.80. The summed E-state index contributed by atoms with van der Waals surface area (Å²) in [6.45, 7) is 5.52. The molecule has 0 aromatic carbocycles. The highest BCUT2D eigenvalue weighted by molar-refractivity contribution is 5.68. The van der Waals surface area contributed by atoms with Gasteiger partial charge in [0.1, 0.15) is 17.2 Å². The molecular formula is C20H26N4O4. The van der Waals surface area contributed by atoms with Gasteiger partial charge in [0.05, 0.1) is 18.1 Å². The summed E-state index contributed by atoms with van der Waals surface area (Å²) in [5, 5.41) is 15.8. The highest BCUT2D eigenvalue weighted by Crippen LogP contribution is 2.23. The number of aromatic hydroxyl groups is 1. The van der Waals surface area contributed by atoms with Crippen LogP contribution in [0.4, 0.5) is 10.6 Å². The van der Waals surface area contributed by atoms with Gasteiger partial charge in [0.15, 0.2) is 0 Å². The summed E-state index contributed by atoms with van der Waals surface area (Å²) in [6, 6.07) is 6.48. The number of anilines is 1. The van der Waals surface area contributed by atoms with E-state index >= 15 is 0 Å². The van der Waals surface area contributed by atoms with E-state index in [1.54, 1.807) is 18.3 Å². The van der Waals surface area contributed by atoms with Crippen molar-refractivity contribution in [3.8, 4) is 11.4 Å². The minimum Gasteiger partial charge on any atom is -0.506 e. The molecule has 28 heavy (non-hydrogen) atoms. The van der Waals surface area contributed by atoms with Crippen molar-refractivity contribution in [1.29, 1.82) is 0 Å². The molecule has 3 N–H and O–H groups in total. The number of carbonyl (C=O) groups is 1. The maximum Gasteiger partial charge on any atom is 0.407 e. The first-order valence-corrected chi connectivity index (χ1v) is 9.34. The zero-order valence-electron chi connectivity index (χ0n) is 16.3. The quantitative estimate of drug-likeness (QED) is 0.746. The lowest BCUT2D eigenvalue weighted by molar-refractivity contribution is 0.0505. The normalized spacial score (nSPS) is 19.2. The number of alkyl carbamates (subject to hydrolysis) is 1. The molecule has 3 rings (SSSR count). The van der Waals surface area contributed by atoms with Crippen LogP contribution < -0.4 is 16.2 Å². The molecule has 1 aliphatic rings. The van der Waals surface area contributed by atoms with Crippen LogP contribution in [-0.4, -0.2) is 38.4 Å². The molecule has 2 aromatic heterocycles. The molecule has 0 bridgehead atoms. The van der Waals surface area contributed by atoms with E-state index in [-0.39, 0.29) is 23.4 Å². The molecule has 2 heterocycles. The van der Waals surface area contributed by atoms with E-state index in [9.17, 15) is 14.7 Å². The van der Waals surface area contributed by atoms with Gasteiger partial charge in [-0.15, -0.1) is 0 Å². The van der Waals surface area contributed by atoms with Gasteiger partial charge in [0.25, 0.3) is 5.56 Å². The second-order valence-corrected chi connectivity index (χ2v) is 7.99. The smallest absolute Gasteiger partial charge is 0.407 e. The molecule has 8 heteroatoms. The fourth-order valence-electron chi connectivity index (χ4n) is 3.22. The van der Waals surface area contributed by atoms with Crippen molar-refractivity contribution in [3.63, 3.8) is 0 Å². The number of aromatic nitrogens is 2. The standard InChI is InChI=1S/C20H26N4O4/c1-20(2,3)28-19(27)23-14-5-4-13(10-14)22-17-8-6-15(11-21-17)24-12-16(25)7-9-18(24)26/h6-9,11-14,25H,4-5,10H2,1-3H3,(H,21,22)(H,23,27)/t13-,14-/m0/s1. The van der Waals surface area contributed by atoms with Crippen molar-refractivity contribution in [2.75, 3.05) is 5.32 Å². The van der Waals surface area contributed by atoms with Gasteiger partial charge in [-0.2, -0.15) is 0 Å². The predicted molar refractivity (Wildman–Crippen MR) is 106 cm³/mol. The molecule has 0 aliphatic heterocycles. The number of ether oxygens (including phenoxy) is 1. The number of pyridine rings is 2. The van der Waals surface area contributed by atoms with Gasteiger partial charge in [0.2, 0.25) is 0 Å². The number of hydrogen-bond donors (Lipinski definition) is 3. The first-order valence-electron chi connectivity index (χ1n) is 9.34. The van der Waals surface area contributed by atoms with Gasteiger partial charge in [-0.05, 0) is 58.2 Å². The Balaban J connectivity index is 1.56. The number of rotatable bonds is 4. The molecule has 1 amide bonds. The van der Waals surface area contributed by atoms with Crippen LogP contribution in [0.1, 0.15) is 40.0 Å². The third-order valence-electron chi connectivity index (χ3n) is 4.43. The molecule has 2 atom stereocenters. The van der Waals surface area contributed by atoms with Crippen LogP contribution in [-0.2, 0) is 4.74 Å². The van der Waals surface area contributed by atoms with E-state index in [2.05, 4.69) is 15.6 Å². The van der Waals surface area contributed by atoms with Crippen molar-refractivity contribution >= 4 is 11.9 Å². The number of nitrogens with zero attached hydrogens (tertiary/aromatic N) is 2. The van der Waals surface area contributed by atoms with Crippen molar-refractivity contribution in [2.24, 2.45) is 0 Å². The number of hydrogen-bond acceptors (Lipinski definition) is 6. The van der Waals surface area contributed by atoms with Crippen LogP contribution in [0.2, 0.25) is 0 Å². The first-order chi connectivity index (χ1) is 13.2. The maximum absolute atomic E-state index is 11.9. The summed E-state index contributed by atoms with van der Waals surface area (Å²) in [5.41, 5.74) is -0.182. The van der Waals surface area contributed by atoms with Crippen LogP contribution in [0.3, 0.4) is 0 Å². The van der Waals surface area contributed by atoms with Crippen LogP contribution in [0.5, 0.6) is 5.75 Å². The van der Waals surface area contributed by atoms with Crippen molar-refractivity contribution in [3.05, 3.63) is 47.0 Å². The van der Waals surface area contributed by atoms with Crippen LogP contribution >= 0.6 is 0 Å². The lowest BCUT2D eigenvalue weighted by Gasteiger charge is -2.22. The van der Waals surface area contributed by atoms with Gasteiger partial charge in [-0.1, -0.05) is 0 Å². The SMILES string of the molecule is CC(C)(C)OC(=O)N[C@H]1CC[C@H](Nc2ccc(-n3cc(O)ccc3=O)cn2)C1. The van der Waals surface area contributed by atoms with Crippen molar-refractivity contribution in [1.82, 2.24) is 14.9 Å². The number of carbonyl (C=O) groups excluding carboxylic acids is 1. The van der Waals surface area contributed by atoms with E-state index in [1.807, 2.05) is 20.8 Å². The lowest BCUT2D eigenvalue weighted by Crippen LogP contribution is -2.38. The molecule has 0 unspecified atom stereocenters. The van der Waals surface area contributed by atoms with E-state index in [0.29, 0.717) is 11.5 Å². The van der Waals surface area contributed by atoms with Gasteiger partial charge < -0.3 is 20.5 Å². The summed E-state index contributed by atoms with van der Waals surface area (Å²) < 4.78 is 6.63. The van der Waals surface area contributed by atoms with E-state index in [1.165, 1.54) is 22.9 Å². The minimum absolute atomic E-state index is 0.0105. The van der Waals surface area contributed by atoms with Gasteiger partial charge in [-0.3, -0.25) is 9.36 Å². The molecule has 1 fully saturated rings. The topological polar surface area (TPSA) is 105 Å². The molecule has 0 spiro atoms. The van der Waals surface area contributed by atoms with Crippen LogP contribution in [0.15, 0.2) is 41.5 Å². The van der Waals surface area contributed by atoms with E-state index < -0.39 is 11.7 Å². The Morgan fingerprint density at radius 3 is 2.64 bits per heavy atom. The molecular weight excluding hydrogens is 360 g/mol. The third kappa shape index (κ3) is 5.25. The van der Waals surface area contributed by atoms with E-state index in [4.69, 9.17) is 4.74 Å². The first kappa shape index (κ1) is 19.7. The zero-order chi connectivity index (χ0) is 20.3. The van der Waals surface area contributed by atoms with E-state index in [0.717, 1.165) is 19.3 Å². The molecule has 2 aromatic rings. The number of amides is 1. The molecule has 150 valence electrons. The maximum atomic E-state index is 11.9. The van der Waals surface area contributed by atoms with Gasteiger partial charge >= 0.3 is 6.09 Å². The largest absolute Gasteiger partial charge is 0.506 e. The zero-order valence-corrected chi connectivity index (χ0v) is 16.3. The Morgan fingerprint density at radius 2 is 1.96 bits per heavy atom. The highest BCUT2D eigenvalue weighted by atomic mass is 16.6. The average Bonchev–Trinajstić information content (AvgIpc) is 3.03. The van der Waals surface area contributed by atoms with Gasteiger partial charge in [0, 0.05) is 18.2 Å². The van der Waals surface area contributed by atoms with Crippen LogP contribution in [0, 0.1) is 0 Å². The Hall–Kier alpha value is -3.03. The van der Waals surface area contributed by atoms with Gasteiger partial charge in [-0.25, -0.2) is 9.78 Å². The monoisotopic (exact) mass is 386 g/mol. The Labute approximate surface area is 163 Å². The van der Waals surface area contributed by atoms with Crippen molar-refractivity contribution in [2.45, 2.75) is 57.7 Å². The second-order valence-electron chi connectivity index (χ2n) is 7.99. The minimum atomic E-state index is -0.510. The third-order valence-corrected chi connectivity index (χ3v) is 4.43. The Morgan fingerprint density at radius 1 is 1.21 bits per heavy atom. The molecule has 1 saturated carbocycles.